The summed E-state index contributed by atoms with van der Waals surface area (Å²) in [7, 11) is -4.54. The van der Waals surface area contributed by atoms with Crippen LogP contribution in [-0.2, 0) is 14.7 Å². The molecule has 1 aromatic rings. The van der Waals surface area contributed by atoms with Crippen LogP contribution in [0.2, 0.25) is 0 Å². The van der Waals surface area contributed by atoms with Gasteiger partial charge in [-0.2, -0.15) is 0 Å². The fourth-order valence-electron chi connectivity index (χ4n) is 1.46. The number of aryl methyl sites for hydroxylation is 1. The lowest BCUT2D eigenvalue weighted by Gasteiger charge is -2.04. The maximum Gasteiger partial charge on any atom is 0.295 e. The zero-order chi connectivity index (χ0) is 15.5. The third-order valence-electron chi connectivity index (χ3n) is 2.17. The molecule has 1 rings (SSSR count). The topological polar surface area (TPSA) is 150 Å². The Bertz CT molecular complexity index is 659. The largest absolute Gasteiger partial charge is 0.347 e. The molecule has 11 heteroatoms. The molecule has 1 aromatic carbocycles. The number of nitro benzene ring substituents is 2. The molecule has 0 atom stereocenters. The van der Waals surface area contributed by atoms with E-state index in [1.807, 2.05) is 0 Å². The van der Waals surface area contributed by atoms with Crippen LogP contribution in [0.4, 0.5) is 11.4 Å². The molecular formula is C9H8N2O8S. The molecule has 108 valence electrons. The fourth-order valence-corrected chi connectivity index (χ4v) is 2.65. The molecule has 0 saturated carbocycles. The Morgan fingerprint density at radius 2 is 1.65 bits per heavy atom. The van der Waals surface area contributed by atoms with Gasteiger partial charge >= 0.3 is 0 Å². The minimum Gasteiger partial charge on any atom is -0.347 e. The average Bonchev–Trinajstić information content (AvgIpc) is 2.34. The second-order valence-corrected chi connectivity index (χ2v) is 5.34. The number of hydrogen-bond acceptors (Lipinski definition) is 8. The van der Waals surface area contributed by atoms with Crippen LogP contribution in [0.5, 0.6) is 0 Å². The van der Waals surface area contributed by atoms with Gasteiger partial charge in [0.05, 0.1) is 15.3 Å². The van der Waals surface area contributed by atoms with Crippen molar-refractivity contribution < 1.29 is 28.4 Å². The first-order chi connectivity index (χ1) is 9.20. The standard InChI is InChI=1S/C9H8N2O8S/c1-6-4-7(10(12)13)9(8(5-6)11(14)15)20(17,18)3-2-19-16/h2-5,16H,1H3. The number of benzene rings is 1. The summed E-state index contributed by atoms with van der Waals surface area (Å²) in [5.41, 5.74) is -1.71. The molecule has 20 heavy (non-hydrogen) atoms. The molecule has 0 aliphatic rings. The Kier molecular flexibility index (Phi) is 4.37. The number of sulfone groups is 1. The van der Waals surface area contributed by atoms with Crippen LogP contribution in [0.3, 0.4) is 0 Å². The van der Waals surface area contributed by atoms with Gasteiger partial charge in [-0.25, -0.2) is 13.7 Å². The Morgan fingerprint density at radius 3 is 2.00 bits per heavy atom. The zero-order valence-electron chi connectivity index (χ0n) is 9.92. The van der Waals surface area contributed by atoms with E-state index < -0.39 is 36.0 Å². The number of nitrogens with zero attached hydrogens (tertiary/aromatic N) is 2. The number of rotatable bonds is 5. The van der Waals surface area contributed by atoms with E-state index in [1.165, 1.54) is 6.92 Å². The van der Waals surface area contributed by atoms with Gasteiger partial charge in [0.1, 0.15) is 6.26 Å². The van der Waals surface area contributed by atoms with Crippen LogP contribution in [0.1, 0.15) is 5.56 Å². The van der Waals surface area contributed by atoms with Gasteiger partial charge in [-0.05, 0) is 12.5 Å². The highest BCUT2D eigenvalue weighted by molar-refractivity contribution is 7.94. The Hall–Kier alpha value is -2.53. The van der Waals surface area contributed by atoms with Crippen molar-refractivity contribution in [3.63, 3.8) is 0 Å². The van der Waals surface area contributed by atoms with Crippen molar-refractivity contribution in [2.75, 3.05) is 0 Å². The SMILES string of the molecule is Cc1cc([N+](=O)[O-])c(S(=O)(=O)C=COO)c([N+](=O)[O-])c1. The van der Waals surface area contributed by atoms with Crippen LogP contribution in [0.15, 0.2) is 28.7 Å². The minimum absolute atomic E-state index is 0.157. The smallest absolute Gasteiger partial charge is 0.295 e. The first kappa shape index (κ1) is 15.5. The van der Waals surface area contributed by atoms with E-state index in [0.29, 0.717) is 6.26 Å². The van der Waals surface area contributed by atoms with Gasteiger partial charge in [-0.15, -0.1) is 0 Å². The van der Waals surface area contributed by atoms with E-state index in [2.05, 4.69) is 4.89 Å². The summed E-state index contributed by atoms with van der Waals surface area (Å²) < 4.78 is 23.7. The molecule has 0 amide bonds. The molecule has 0 spiro atoms. The van der Waals surface area contributed by atoms with Gasteiger partial charge < -0.3 is 4.89 Å². The molecule has 0 radical (unpaired) electrons. The lowest BCUT2D eigenvalue weighted by molar-refractivity contribution is -0.399. The lowest BCUT2D eigenvalue weighted by Crippen LogP contribution is -2.07. The van der Waals surface area contributed by atoms with E-state index in [0.717, 1.165) is 12.1 Å². The molecule has 0 saturated heterocycles. The Balaban J connectivity index is 3.78. The van der Waals surface area contributed by atoms with Gasteiger partial charge in [0.15, 0.2) is 0 Å². The summed E-state index contributed by atoms with van der Waals surface area (Å²) >= 11 is 0. The Labute approximate surface area is 112 Å². The van der Waals surface area contributed by atoms with E-state index >= 15 is 0 Å². The molecule has 0 aromatic heterocycles. The number of nitro groups is 2. The maximum atomic E-state index is 11.9. The second kappa shape index (κ2) is 5.63. The molecule has 0 aliphatic carbocycles. The maximum absolute atomic E-state index is 11.9. The van der Waals surface area contributed by atoms with E-state index in [9.17, 15) is 28.6 Å². The van der Waals surface area contributed by atoms with Gasteiger partial charge in [0.25, 0.3) is 11.4 Å². The summed E-state index contributed by atoms with van der Waals surface area (Å²) in [5, 5.41) is 30.1. The summed E-state index contributed by atoms with van der Waals surface area (Å²) in [6, 6.07) is 1.79. The highest BCUT2D eigenvalue weighted by Crippen LogP contribution is 2.35. The van der Waals surface area contributed by atoms with Crippen LogP contribution in [-0.4, -0.2) is 23.5 Å². The predicted octanol–water partition coefficient (Wildman–Crippen LogP) is 1.55. The third kappa shape index (κ3) is 3.07. The minimum atomic E-state index is -4.54. The monoisotopic (exact) mass is 304 g/mol. The van der Waals surface area contributed by atoms with E-state index in [1.54, 1.807) is 0 Å². The van der Waals surface area contributed by atoms with E-state index in [4.69, 9.17) is 5.26 Å². The first-order valence-electron chi connectivity index (χ1n) is 4.86. The average molecular weight is 304 g/mol. The van der Waals surface area contributed by atoms with Crippen LogP contribution in [0.25, 0.3) is 0 Å². The lowest BCUT2D eigenvalue weighted by atomic mass is 10.2. The van der Waals surface area contributed by atoms with Crippen molar-refractivity contribution in [3.05, 3.63) is 49.6 Å². The van der Waals surface area contributed by atoms with Gasteiger partial charge in [-0.1, -0.05) is 0 Å². The molecule has 0 fully saturated rings. The third-order valence-corrected chi connectivity index (χ3v) is 3.62. The normalized spacial score (nSPS) is 11.5. The fraction of sp³-hybridized carbons (Fsp3) is 0.111. The first-order valence-corrected chi connectivity index (χ1v) is 6.40. The molecule has 0 heterocycles. The second-order valence-electron chi connectivity index (χ2n) is 3.57. The summed E-state index contributed by atoms with van der Waals surface area (Å²) in [6.45, 7) is 1.35. The van der Waals surface area contributed by atoms with Crippen LogP contribution >= 0.6 is 0 Å². The molecule has 0 bridgehead atoms. The molecular weight excluding hydrogens is 296 g/mol. The quantitative estimate of drug-likeness (QED) is 0.372. The predicted molar refractivity (Wildman–Crippen MR) is 64.5 cm³/mol. The van der Waals surface area contributed by atoms with Crippen molar-refractivity contribution >= 4 is 21.2 Å². The van der Waals surface area contributed by atoms with E-state index in [-0.39, 0.29) is 11.0 Å². The number of hydrogen-bond donors (Lipinski definition) is 1. The Morgan fingerprint density at radius 1 is 1.20 bits per heavy atom. The van der Waals surface area contributed by atoms with Gasteiger partial charge in [0.2, 0.25) is 14.7 Å². The summed E-state index contributed by atoms with van der Waals surface area (Å²) in [4.78, 5) is 22.0. The highest BCUT2D eigenvalue weighted by atomic mass is 32.2. The highest BCUT2D eigenvalue weighted by Gasteiger charge is 2.34. The zero-order valence-corrected chi connectivity index (χ0v) is 10.7. The molecule has 10 nitrogen and oxygen atoms in total. The summed E-state index contributed by atoms with van der Waals surface area (Å²) in [5.74, 6) is 0. The van der Waals surface area contributed by atoms with Crippen LogP contribution < -0.4 is 0 Å². The molecule has 0 unspecified atom stereocenters. The van der Waals surface area contributed by atoms with Crippen molar-refractivity contribution in [3.8, 4) is 0 Å². The van der Waals surface area contributed by atoms with Crippen LogP contribution in [0, 0.1) is 27.2 Å². The van der Waals surface area contributed by atoms with Crippen molar-refractivity contribution in [1.29, 1.82) is 0 Å². The summed E-state index contributed by atoms with van der Waals surface area (Å²) in [6.07, 6.45) is 0.322. The van der Waals surface area contributed by atoms with Crippen molar-refractivity contribution in [2.24, 2.45) is 0 Å². The molecule has 0 aliphatic heterocycles. The van der Waals surface area contributed by atoms with Crippen molar-refractivity contribution in [1.82, 2.24) is 0 Å². The molecule has 1 N–H and O–H groups in total. The van der Waals surface area contributed by atoms with Gasteiger partial charge in [0, 0.05) is 12.1 Å². The van der Waals surface area contributed by atoms with Gasteiger partial charge in [-0.3, -0.25) is 20.2 Å². The van der Waals surface area contributed by atoms with Crippen molar-refractivity contribution in [2.45, 2.75) is 11.8 Å².